The van der Waals surface area contributed by atoms with Gasteiger partial charge in [0.15, 0.2) is 17.2 Å². The standard InChI is InChI=1S/C37H46N2O9S/c1-18(2)23-15-21(9-8-14-39-49(47,48)22-12-10-20(5)11-13-22)29(40)25-24(23)16-35(6)17-36(7)27(19(3)4)31(42)26(34(38)45)32(43)37(36,46)33(44)28(35)30(25)41/h10-13,15,18-19,26-28,31,33,39-40,42,44,46H,14,16-17H2,1-7H3,(H2,38,45)/t26-,27+,28-,31?,33?,35-,36-,37+/m1/s1. The summed E-state index contributed by atoms with van der Waals surface area (Å²) >= 11 is 0. The van der Waals surface area contributed by atoms with Crippen LogP contribution in [0.3, 0.4) is 0 Å². The van der Waals surface area contributed by atoms with Crippen molar-refractivity contribution in [1.82, 2.24) is 4.72 Å². The number of Topliss-reactive ketones (excluding diaryl/α,β-unsaturated/α-hetero) is 2. The van der Waals surface area contributed by atoms with Gasteiger partial charge in [-0.2, -0.15) is 4.72 Å². The van der Waals surface area contributed by atoms with Crippen LogP contribution in [-0.4, -0.2) is 70.7 Å². The summed E-state index contributed by atoms with van der Waals surface area (Å²) in [5.74, 6) is -2.38. The number of aryl methyl sites for hydroxylation is 1. The summed E-state index contributed by atoms with van der Waals surface area (Å²) < 4.78 is 27.8. The van der Waals surface area contributed by atoms with E-state index >= 15 is 0 Å². The number of aliphatic hydroxyl groups excluding tert-OH is 2. The topological polar surface area (TPSA) is 204 Å². The van der Waals surface area contributed by atoms with Gasteiger partial charge in [-0.05, 0) is 72.3 Å². The second-order valence-electron chi connectivity index (χ2n) is 15.3. The number of carbonyl (C=O) groups excluding carboxylic acids is 3. The Morgan fingerprint density at radius 1 is 1.10 bits per heavy atom. The minimum Gasteiger partial charge on any atom is -0.506 e. The molecule has 2 aromatic carbocycles. The van der Waals surface area contributed by atoms with Crippen LogP contribution in [0.5, 0.6) is 5.75 Å². The summed E-state index contributed by atoms with van der Waals surface area (Å²) in [6.45, 7) is 12.4. The van der Waals surface area contributed by atoms with Crippen molar-refractivity contribution in [2.24, 2.45) is 40.2 Å². The number of sulfonamides is 1. The molecular formula is C37H46N2O9S. The van der Waals surface area contributed by atoms with Crippen LogP contribution in [0.4, 0.5) is 0 Å². The fourth-order valence-electron chi connectivity index (χ4n) is 9.31. The number of nitrogens with two attached hydrogens (primary N) is 1. The lowest BCUT2D eigenvalue weighted by molar-refractivity contribution is -0.265. The van der Waals surface area contributed by atoms with Crippen LogP contribution in [0.2, 0.25) is 0 Å². The van der Waals surface area contributed by atoms with E-state index in [9.17, 15) is 43.2 Å². The van der Waals surface area contributed by atoms with E-state index < -0.39 is 79.6 Å². The van der Waals surface area contributed by atoms with Crippen LogP contribution in [-0.2, 0) is 26.0 Å². The van der Waals surface area contributed by atoms with Crippen LogP contribution in [0, 0.1) is 53.3 Å². The number of carbonyl (C=O) groups is 3. The second-order valence-corrected chi connectivity index (χ2v) is 17.1. The first-order chi connectivity index (χ1) is 22.6. The zero-order valence-electron chi connectivity index (χ0n) is 28.9. The van der Waals surface area contributed by atoms with Crippen LogP contribution < -0.4 is 10.5 Å². The normalized spacial score (nSPS) is 32.6. The number of aromatic hydroxyl groups is 1. The number of phenols is 1. The molecule has 5 rings (SSSR count). The van der Waals surface area contributed by atoms with Crippen molar-refractivity contribution >= 4 is 27.5 Å². The predicted octanol–water partition coefficient (Wildman–Crippen LogP) is 2.33. The molecule has 11 nitrogen and oxygen atoms in total. The van der Waals surface area contributed by atoms with E-state index in [2.05, 4.69) is 16.6 Å². The van der Waals surface area contributed by atoms with Gasteiger partial charge in [0.25, 0.3) is 0 Å². The largest absolute Gasteiger partial charge is 0.506 e. The van der Waals surface area contributed by atoms with Crippen LogP contribution in [0.1, 0.15) is 86.5 Å². The van der Waals surface area contributed by atoms with Crippen LogP contribution in [0.25, 0.3) is 0 Å². The zero-order chi connectivity index (χ0) is 36.6. The Labute approximate surface area is 287 Å². The fourth-order valence-corrected chi connectivity index (χ4v) is 10.2. The summed E-state index contributed by atoms with van der Waals surface area (Å²) in [5, 5.41) is 47.2. The number of phenolic OH excluding ortho intramolecular Hbond substituents is 1. The highest BCUT2D eigenvalue weighted by molar-refractivity contribution is 7.89. The number of primary amides is 1. The Kier molecular flexibility index (Phi) is 9.22. The molecule has 0 spiro atoms. The Bertz CT molecular complexity index is 1890. The maximum Gasteiger partial charge on any atom is 0.241 e. The predicted molar refractivity (Wildman–Crippen MR) is 181 cm³/mol. The van der Waals surface area contributed by atoms with Crippen molar-refractivity contribution in [1.29, 1.82) is 0 Å². The maximum absolute atomic E-state index is 14.6. The lowest BCUT2D eigenvalue weighted by Crippen LogP contribution is -2.79. The summed E-state index contributed by atoms with van der Waals surface area (Å²) in [4.78, 5) is 41.0. The van der Waals surface area contributed by atoms with Crippen molar-refractivity contribution in [3.63, 3.8) is 0 Å². The summed E-state index contributed by atoms with van der Waals surface area (Å²) in [7, 11) is -3.85. The SMILES string of the molecule is Cc1ccc(S(=O)(=O)NCC#Cc2cc(C(C)C)c3c(c2O)C(=O)[C@@H]2C(O)[C@@]4(O)C(=O)[C@H](C(N)=O)C(O)[C@H](C(C)C)[C@@]4(C)C[C@@]2(C)C3)cc1. The second kappa shape index (κ2) is 12.3. The molecule has 2 unspecified atom stereocenters. The molecule has 12 heteroatoms. The average molecular weight is 695 g/mol. The molecule has 3 aliphatic carbocycles. The zero-order valence-corrected chi connectivity index (χ0v) is 29.7. The average Bonchev–Trinajstić information content (AvgIpc) is 2.97. The summed E-state index contributed by atoms with van der Waals surface area (Å²) in [6, 6.07) is 7.99. The van der Waals surface area contributed by atoms with Crippen LogP contribution in [0.15, 0.2) is 35.2 Å². The first-order valence-corrected chi connectivity index (χ1v) is 18.0. The van der Waals surface area contributed by atoms with Gasteiger partial charge < -0.3 is 26.2 Å². The molecule has 0 saturated heterocycles. The third-order valence-corrected chi connectivity index (χ3v) is 12.8. The summed E-state index contributed by atoms with van der Waals surface area (Å²) in [5.41, 5.74) is 2.63. The molecule has 1 amide bonds. The number of benzene rings is 2. The van der Waals surface area contributed by atoms with Crippen molar-refractivity contribution in [2.75, 3.05) is 6.54 Å². The van der Waals surface area contributed by atoms with Crippen molar-refractivity contribution in [3.8, 4) is 17.6 Å². The third-order valence-electron chi connectivity index (χ3n) is 11.3. The lowest BCUT2D eigenvalue weighted by atomic mass is 9.39. The quantitative estimate of drug-likeness (QED) is 0.194. The van der Waals surface area contributed by atoms with Gasteiger partial charge in [-0.1, -0.05) is 71.1 Å². The Morgan fingerprint density at radius 3 is 2.27 bits per heavy atom. The van der Waals surface area contributed by atoms with E-state index in [4.69, 9.17) is 5.73 Å². The number of amides is 1. The van der Waals surface area contributed by atoms with E-state index in [1.165, 1.54) is 12.1 Å². The number of aliphatic hydroxyl groups is 3. The first-order valence-electron chi connectivity index (χ1n) is 16.5. The van der Waals surface area contributed by atoms with Gasteiger partial charge in [-0.3, -0.25) is 14.4 Å². The van der Waals surface area contributed by atoms with Gasteiger partial charge in [0.2, 0.25) is 15.9 Å². The van der Waals surface area contributed by atoms with Crippen molar-refractivity contribution in [3.05, 3.63) is 58.1 Å². The van der Waals surface area contributed by atoms with Gasteiger partial charge in [-0.25, -0.2) is 8.42 Å². The highest BCUT2D eigenvalue weighted by Crippen LogP contribution is 2.66. The number of nitrogens with one attached hydrogen (secondary N) is 1. The molecule has 264 valence electrons. The molecule has 3 aliphatic rings. The molecule has 8 atom stereocenters. The Hall–Kier alpha value is -3.60. The van der Waals surface area contributed by atoms with E-state index in [-0.39, 0.29) is 47.2 Å². The van der Waals surface area contributed by atoms with E-state index in [0.29, 0.717) is 5.56 Å². The van der Waals surface area contributed by atoms with Gasteiger partial charge in [0.05, 0.1) is 34.6 Å². The Morgan fingerprint density at radius 2 is 1.71 bits per heavy atom. The van der Waals surface area contributed by atoms with Crippen LogP contribution >= 0.6 is 0 Å². The van der Waals surface area contributed by atoms with Crippen molar-refractivity contribution in [2.45, 2.75) is 89.9 Å². The molecule has 2 aromatic rings. The lowest BCUT2D eigenvalue weighted by Gasteiger charge is -2.66. The first kappa shape index (κ1) is 36.7. The van der Waals surface area contributed by atoms with E-state index in [1.807, 2.05) is 20.8 Å². The third kappa shape index (κ3) is 5.51. The summed E-state index contributed by atoms with van der Waals surface area (Å²) in [6.07, 6.45) is -3.26. The van der Waals surface area contributed by atoms with E-state index in [0.717, 1.165) is 11.1 Å². The van der Waals surface area contributed by atoms with Gasteiger partial charge >= 0.3 is 0 Å². The molecule has 2 saturated carbocycles. The maximum atomic E-state index is 14.6. The molecule has 0 bridgehead atoms. The molecule has 0 aromatic heterocycles. The number of hydrogen-bond donors (Lipinski definition) is 6. The molecule has 0 heterocycles. The van der Waals surface area contributed by atoms with E-state index in [1.54, 1.807) is 45.9 Å². The highest BCUT2D eigenvalue weighted by Gasteiger charge is 2.76. The minimum absolute atomic E-state index is 0.0432. The number of fused-ring (bicyclic) bond motifs is 3. The van der Waals surface area contributed by atoms with Gasteiger partial charge in [0, 0.05) is 5.41 Å². The highest BCUT2D eigenvalue weighted by atomic mass is 32.2. The monoisotopic (exact) mass is 694 g/mol. The van der Waals surface area contributed by atoms with Gasteiger partial charge in [-0.15, -0.1) is 0 Å². The minimum atomic E-state index is -3.85. The number of rotatable bonds is 6. The van der Waals surface area contributed by atoms with Crippen molar-refractivity contribution < 1.29 is 43.2 Å². The molecule has 2 fully saturated rings. The van der Waals surface area contributed by atoms with Gasteiger partial charge in [0.1, 0.15) is 17.8 Å². The smallest absolute Gasteiger partial charge is 0.241 e. The molecule has 0 aliphatic heterocycles. The number of hydrogen-bond acceptors (Lipinski definition) is 9. The fraction of sp³-hybridized carbons (Fsp3) is 0.541. The Balaban J connectivity index is 1.58. The molecular weight excluding hydrogens is 648 g/mol. The molecule has 49 heavy (non-hydrogen) atoms. The molecule has 0 radical (unpaired) electrons. The molecule has 7 N–H and O–H groups in total. The number of ketones is 2.